The van der Waals surface area contributed by atoms with Crippen molar-refractivity contribution >= 4 is 15.8 Å². The standard InChI is InChI=1S/C16H22N6O3S/c1-25-16-8-15(17-11-18-16)21-9-12-4-6-19-22(12)13(10-21)5-7-20-26(23,24)14-2-3-14/h4,6,8,11,13-14,20H,2-3,5,7,9-10H2,1H3/t13-/m1/s1. The molecular weight excluding hydrogens is 356 g/mol. The lowest BCUT2D eigenvalue weighted by molar-refractivity contribution is 0.373. The second kappa shape index (κ2) is 6.84. The van der Waals surface area contributed by atoms with Gasteiger partial charge in [-0.15, -0.1) is 0 Å². The second-order valence-electron chi connectivity index (χ2n) is 6.65. The topological polar surface area (TPSA) is 102 Å². The molecule has 0 amide bonds. The van der Waals surface area contributed by atoms with Crippen molar-refractivity contribution < 1.29 is 13.2 Å². The molecule has 2 aromatic heterocycles. The Kier molecular flexibility index (Phi) is 4.53. The first-order chi connectivity index (χ1) is 12.6. The quantitative estimate of drug-likeness (QED) is 0.757. The summed E-state index contributed by atoms with van der Waals surface area (Å²) in [5.41, 5.74) is 1.07. The maximum absolute atomic E-state index is 12.0. The summed E-state index contributed by atoms with van der Waals surface area (Å²) in [6.45, 7) is 1.79. The van der Waals surface area contributed by atoms with Crippen LogP contribution in [0.4, 0.5) is 5.82 Å². The summed E-state index contributed by atoms with van der Waals surface area (Å²) < 4.78 is 33.9. The first-order valence-corrected chi connectivity index (χ1v) is 10.2. The Labute approximate surface area is 152 Å². The summed E-state index contributed by atoms with van der Waals surface area (Å²) in [6.07, 6.45) is 5.47. The number of anilines is 1. The van der Waals surface area contributed by atoms with E-state index in [-0.39, 0.29) is 11.3 Å². The first-order valence-electron chi connectivity index (χ1n) is 8.68. The molecule has 2 aliphatic rings. The van der Waals surface area contributed by atoms with Gasteiger partial charge < -0.3 is 9.64 Å². The molecule has 1 aliphatic heterocycles. The fourth-order valence-corrected chi connectivity index (χ4v) is 4.65. The zero-order chi connectivity index (χ0) is 18.1. The minimum atomic E-state index is -3.16. The van der Waals surface area contributed by atoms with E-state index in [2.05, 4.69) is 24.7 Å². The number of sulfonamides is 1. The van der Waals surface area contributed by atoms with Crippen molar-refractivity contribution in [2.75, 3.05) is 25.1 Å². The third-order valence-corrected chi connectivity index (χ3v) is 6.74. The van der Waals surface area contributed by atoms with Crippen LogP contribution in [0.1, 0.15) is 31.0 Å². The van der Waals surface area contributed by atoms with Crippen LogP contribution in [0.2, 0.25) is 0 Å². The first kappa shape index (κ1) is 17.2. The van der Waals surface area contributed by atoms with Crippen LogP contribution in [0.25, 0.3) is 0 Å². The van der Waals surface area contributed by atoms with Crippen LogP contribution in [0.15, 0.2) is 24.7 Å². The van der Waals surface area contributed by atoms with Crippen molar-refractivity contribution in [3.8, 4) is 5.88 Å². The highest BCUT2D eigenvalue weighted by molar-refractivity contribution is 7.90. The molecule has 140 valence electrons. The zero-order valence-electron chi connectivity index (χ0n) is 14.6. The van der Waals surface area contributed by atoms with Crippen molar-refractivity contribution in [3.05, 3.63) is 30.4 Å². The van der Waals surface area contributed by atoms with Crippen LogP contribution in [0.5, 0.6) is 5.88 Å². The van der Waals surface area contributed by atoms with Crippen molar-refractivity contribution in [2.45, 2.75) is 37.1 Å². The molecule has 0 radical (unpaired) electrons. The van der Waals surface area contributed by atoms with Crippen molar-refractivity contribution in [2.24, 2.45) is 0 Å². The van der Waals surface area contributed by atoms with Gasteiger partial charge in [0.15, 0.2) is 0 Å². The van der Waals surface area contributed by atoms with E-state index in [1.165, 1.54) is 6.33 Å². The van der Waals surface area contributed by atoms with Crippen LogP contribution in [0.3, 0.4) is 0 Å². The van der Waals surface area contributed by atoms with Crippen LogP contribution < -0.4 is 14.4 Å². The van der Waals surface area contributed by atoms with E-state index in [4.69, 9.17) is 4.74 Å². The number of aromatic nitrogens is 4. The number of fused-ring (bicyclic) bond motifs is 1. The molecule has 1 fully saturated rings. The predicted molar refractivity (Wildman–Crippen MR) is 95.5 cm³/mol. The Morgan fingerprint density at radius 2 is 2.19 bits per heavy atom. The molecule has 1 atom stereocenters. The largest absolute Gasteiger partial charge is 0.481 e. The minimum Gasteiger partial charge on any atom is -0.481 e. The average molecular weight is 378 g/mol. The van der Waals surface area contributed by atoms with E-state index >= 15 is 0 Å². The van der Waals surface area contributed by atoms with Gasteiger partial charge in [0.25, 0.3) is 0 Å². The molecule has 0 bridgehead atoms. The smallest absolute Gasteiger partial charge is 0.218 e. The summed E-state index contributed by atoms with van der Waals surface area (Å²) in [7, 11) is -1.58. The molecule has 0 aromatic carbocycles. The van der Waals surface area contributed by atoms with Crippen molar-refractivity contribution in [1.82, 2.24) is 24.5 Å². The zero-order valence-corrected chi connectivity index (χ0v) is 15.4. The summed E-state index contributed by atoms with van der Waals surface area (Å²) in [5.74, 6) is 1.30. The fraction of sp³-hybridized carbons (Fsp3) is 0.562. The molecule has 2 aromatic rings. The molecule has 0 saturated heterocycles. The number of rotatable bonds is 7. The normalized spacial score (nSPS) is 20.0. The van der Waals surface area contributed by atoms with Gasteiger partial charge in [0.2, 0.25) is 15.9 Å². The molecule has 9 nitrogen and oxygen atoms in total. The van der Waals surface area contributed by atoms with Crippen LogP contribution in [-0.4, -0.2) is 53.6 Å². The number of nitrogens with one attached hydrogen (secondary N) is 1. The summed E-state index contributed by atoms with van der Waals surface area (Å²) in [4.78, 5) is 10.5. The predicted octanol–water partition coefficient (Wildman–Crippen LogP) is 0.715. The molecular formula is C16H22N6O3S. The summed E-state index contributed by atoms with van der Waals surface area (Å²) in [5, 5.41) is 4.22. The van der Waals surface area contributed by atoms with Gasteiger partial charge in [0, 0.05) is 25.4 Å². The number of hydrogen-bond donors (Lipinski definition) is 1. The highest BCUT2D eigenvalue weighted by Crippen LogP contribution is 2.29. The van der Waals surface area contributed by atoms with Crippen LogP contribution in [0, 0.1) is 0 Å². The van der Waals surface area contributed by atoms with Gasteiger partial charge in [-0.1, -0.05) is 0 Å². The third-order valence-electron chi connectivity index (χ3n) is 4.79. The molecule has 3 heterocycles. The van der Waals surface area contributed by atoms with Crippen LogP contribution >= 0.6 is 0 Å². The summed E-state index contributed by atoms with van der Waals surface area (Å²) >= 11 is 0. The van der Waals surface area contributed by atoms with Crippen molar-refractivity contribution in [1.29, 1.82) is 0 Å². The fourth-order valence-electron chi connectivity index (χ4n) is 3.25. The SMILES string of the molecule is COc1cc(N2Cc3ccnn3[C@H](CCNS(=O)(=O)C3CC3)C2)ncn1. The monoisotopic (exact) mass is 378 g/mol. The molecule has 1 N–H and O–H groups in total. The van der Waals surface area contributed by atoms with Gasteiger partial charge in [-0.25, -0.2) is 23.1 Å². The van der Waals surface area contributed by atoms with E-state index in [1.807, 2.05) is 10.7 Å². The number of hydrogen-bond acceptors (Lipinski definition) is 7. The summed E-state index contributed by atoms with van der Waals surface area (Å²) in [6, 6.07) is 3.85. The van der Waals surface area contributed by atoms with Gasteiger partial charge in [-0.2, -0.15) is 5.10 Å². The molecule has 0 unspecified atom stereocenters. The van der Waals surface area contributed by atoms with Crippen LogP contribution in [-0.2, 0) is 16.6 Å². The lowest BCUT2D eigenvalue weighted by atomic mass is 10.1. The Bertz CT molecular complexity index is 880. The Hall–Kier alpha value is -2.20. The molecule has 0 spiro atoms. The Balaban J connectivity index is 1.47. The van der Waals surface area contributed by atoms with E-state index in [9.17, 15) is 8.42 Å². The van der Waals surface area contributed by atoms with Gasteiger partial charge in [0.1, 0.15) is 12.1 Å². The Morgan fingerprint density at radius 1 is 1.35 bits per heavy atom. The van der Waals surface area contributed by atoms with Gasteiger partial charge in [0.05, 0.1) is 30.6 Å². The maximum Gasteiger partial charge on any atom is 0.218 e. The molecule has 10 heteroatoms. The van der Waals surface area contributed by atoms with Gasteiger partial charge in [-0.05, 0) is 25.3 Å². The lowest BCUT2D eigenvalue weighted by Crippen LogP contribution is -2.40. The van der Waals surface area contributed by atoms with Crippen molar-refractivity contribution in [3.63, 3.8) is 0 Å². The minimum absolute atomic E-state index is 0.0663. The number of methoxy groups -OCH3 is 1. The highest BCUT2D eigenvalue weighted by atomic mass is 32.2. The lowest BCUT2D eigenvalue weighted by Gasteiger charge is -2.34. The van der Waals surface area contributed by atoms with E-state index < -0.39 is 10.0 Å². The number of nitrogens with zero attached hydrogens (tertiary/aromatic N) is 5. The van der Waals surface area contributed by atoms with Gasteiger partial charge >= 0.3 is 0 Å². The van der Waals surface area contributed by atoms with E-state index in [1.54, 1.807) is 19.4 Å². The maximum atomic E-state index is 12.0. The molecule has 1 aliphatic carbocycles. The molecule has 26 heavy (non-hydrogen) atoms. The van der Waals surface area contributed by atoms with Gasteiger partial charge in [-0.3, -0.25) is 4.68 Å². The molecule has 1 saturated carbocycles. The molecule has 4 rings (SSSR count). The third kappa shape index (κ3) is 3.51. The highest BCUT2D eigenvalue weighted by Gasteiger charge is 2.35. The average Bonchev–Trinajstić information content (AvgIpc) is 3.40. The Morgan fingerprint density at radius 3 is 2.96 bits per heavy atom. The van der Waals surface area contributed by atoms with E-state index in [0.717, 1.165) is 24.4 Å². The second-order valence-corrected chi connectivity index (χ2v) is 8.69. The number of ether oxygens (including phenoxy) is 1. The van der Waals surface area contributed by atoms with E-state index in [0.29, 0.717) is 31.9 Å².